The first kappa shape index (κ1) is 12.0. The Labute approximate surface area is 96.3 Å². The van der Waals surface area contributed by atoms with Crippen LogP contribution in [0.4, 0.5) is 0 Å². The predicted octanol–water partition coefficient (Wildman–Crippen LogP) is -1.66. The fourth-order valence-corrected chi connectivity index (χ4v) is 1.91. The number of ether oxygens (including phenoxy) is 1. The molecule has 3 N–H and O–H groups in total. The molecular formula is C10H14N2O5. The lowest BCUT2D eigenvalue weighted by Gasteiger charge is -2.43. The lowest BCUT2D eigenvalue weighted by molar-refractivity contribution is -0.246. The van der Waals surface area contributed by atoms with Gasteiger partial charge < -0.3 is 14.9 Å². The second-order valence-electron chi connectivity index (χ2n) is 4.07. The minimum atomic E-state index is -0.639. The standard InChI is InChI=1S/C10H14N2O5/c1-5-2-12(10(16)11-8(5)15)9-6(3-13)7(4-14)17-9/h2,6-7,9,13-14H,3-4H2,1H3,(H,11,15,16)/t6-,7-,9-/m1/s1. The van der Waals surface area contributed by atoms with Gasteiger partial charge in [0, 0.05) is 11.8 Å². The molecule has 1 aliphatic heterocycles. The minimum Gasteiger partial charge on any atom is -0.396 e. The molecule has 94 valence electrons. The van der Waals surface area contributed by atoms with Crippen LogP contribution in [-0.2, 0) is 4.74 Å². The van der Waals surface area contributed by atoms with Crippen molar-refractivity contribution in [1.29, 1.82) is 0 Å². The topological polar surface area (TPSA) is 105 Å². The van der Waals surface area contributed by atoms with Gasteiger partial charge in [0.1, 0.15) is 6.23 Å². The molecule has 7 heteroatoms. The Morgan fingerprint density at radius 2 is 2.12 bits per heavy atom. The molecule has 2 heterocycles. The lowest BCUT2D eigenvalue weighted by Crippen LogP contribution is -2.52. The van der Waals surface area contributed by atoms with Crippen LogP contribution >= 0.6 is 0 Å². The van der Waals surface area contributed by atoms with Crippen molar-refractivity contribution in [2.45, 2.75) is 19.3 Å². The van der Waals surface area contributed by atoms with E-state index in [1.807, 2.05) is 0 Å². The Balaban J connectivity index is 2.33. The molecule has 0 aliphatic carbocycles. The van der Waals surface area contributed by atoms with E-state index in [1.54, 1.807) is 6.92 Å². The molecular weight excluding hydrogens is 228 g/mol. The van der Waals surface area contributed by atoms with Gasteiger partial charge in [-0.1, -0.05) is 0 Å². The van der Waals surface area contributed by atoms with Crippen LogP contribution in [-0.4, -0.2) is 39.1 Å². The van der Waals surface area contributed by atoms with Crippen LogP contribution in [0.1, 0.15) is 11.8 Å². The van der Waals surface area contributed by atoms with E-state index in [0.717, 1.165) is 0 Å². The number of H-pyrrole nitrogens is 1. The fourth-order valence-electron chi connectivity index (χ4n) is 1.91. The van der Waals surface area contributed by atoms with Crippen molar-refractivity contribution >= 4 is 0 Å². The maximum atomic E-state index is 11.6. The van der Waals surface area contributed by atoms with Gasteiger partial charge in [-0.15, -0.1) is 0 Å². The van der Waals surface area contributed by atoms with Gasteiger partial charge in [-0.25, -0.2) is 4.79 Å². The first-order chi connectivity index (χ1) is 8.08. The molecule has 0 radical (unpaired) electrons. The molecule has 0 aromatic carbocycles. The van der Waals surface area contributed by atoms with Gasteiger partial charge in [-0.2, -0.15) is 0 Å². The molecule has 1 fully saturated rings. The van der Waals surface area contributed by atoms with Crippen molar-refractivity contribution in [3.05, 3.63) is 32.6 Å². The second kappa shape index (κ2) is 4.44. The summed E-state index contributed by atoms with van der Waals surface area (Å²) in [5.74, 6) is -0.344. The summed E-state index contributed by atoms with van der Waals surface area (Å²) in [6.07, 6.45) is 0.284. The van der Waals surface area contributed by atoms with Crippen molar-refractivity contribution in [2.75, 3.05) is 13.2 Å². The number of nitrogens with one attached hydrogen (secondary N) is 1. The number of rotatable bonds is 3. The SMILES string of the molecule is Cc1cn([C@@H]2O[C@H](CO)[C@H]2CO)c(=O)[nH]c1=O. The molecule has 7 nitrogen and oxygen atoms in total. The summed E-state index contributed by atoms with van der Waals surface area (Å²) in [4.78, 5) is 24.9. The van der Waals surface area contributed by atoms with Crippen molar-refractivity contribution in [3.63, 3.8) is 0 Å². The predicted molar refractivity (Wildman–Crippen MR) is 57.6 cm³/mol. The number of hydrogen-bond donors (Lipinski definition) is 3. The Kier molecular flexibility index (Phi) is 3.14. The molecule has 0 saturated carbocycles. The average Bonchev–Trinajstić information content (AvgIpc) is 2.25. The van der Waals surface area contributed by atoms with E-state index >= 15 is 0 Å². The van der Waals surface area contributed by atoms with Crippen LogP contribution in [0.25, 0.3) is 0 Å². The Morgan fingerprint density at radius 3 is 2.71 bits per heavy atom. The van der Waals surface area contributed by atoms with Gasteiger partial charge in [0.15, 0.2) is 0 Å². The zero-order valence-electron chi connectivity index (χ0n) is 9.29. The molecule has 0 unspecified atom stereocenters. The number of aromatic nitrogens is 2. The highest BCUT2D eigenvalue weighted by molar-refractivity contribution is 5.02. The summed E-state index contributed by atoms with van der Waals surface area (Å²) < 4.78 is 6.51. The molecule has 1 aliphatic rings. The average molecular weight is 242 g/mol. The van der Waals surface area contributed by atoms with Gasteiger partial charge in [0.05, 0.1) is 25.2 Å². The Hall–Kier alpha value is -1.44. The summed E-state index contributed by atoms with van der Waals surface area (Å²) in [5.41, 5.74) is -0.636. The van der Waals surface area contributed by atoms with E-state index in [-0.39, 0.29) is 19.1 Å². The summed E-state index contributed by atoms with van der Waals surface area (Å²) in [6.45, 7) is 1.17. The minimum absolute atomic E-state index is 0.194. The maximum absolute atomic E-state index is 11.6. The van der Waals surface area contributed by atoms with Crippen molar-refractivity contribution in [1.82, 2.24) is 9.55 Å². The van der Waals surface area contributed by atoms with Gasteiger partial charge in [-0.05, 0) is 6.92 Å². The number of aliphatic hydroxyl groups is 2. The third kappa shape index (κ3) is 1.92. The zero-order chi connectivity index (χ0) is 12.6. The van der Waals surface area contributed by atoms with Crippen molar-refractivity contribution in [3.8, 4) is 0 Å². The molecule has 0 amide bonds. The number of aliphatic hydroxyl groups excluding tert-OH is 2. The summed E-state index contributed by atoms with van der Waals surface area (Å²) in [5, 5.41) is 18.1. The monoisotopic (exact) mass is 242 g/mol. The highest BCUT2D eigenvalue weighted by atomic mass is 16.6. The van der Waals surface area contributed by atoms with E-state index in [9.17, 15) is 9.59 Å². The molecule has 3 atom stereocenters. The summed E-state index contributed by atoms with van der Waals surface area (Å²) in [7, 11) is 0. The van der Waals surface area contributed by atoms with Gasteiger partial charge in [0.25, 0.3) is 5.56 Å². The van der Waals surface area contributed by atoms with Gasteiger partial charge >= 0.3 is 5.69 Å². The molecule has 0 spiro atoms. The van der Waals surface area contributed by atoms with Crippen LogP contribution < -0.4 is 11.2 Å². The quantitative estimate of drug-likeness (QED) is 0.588. The molecule has 2 rings (SSSR count). The Bertz CT molecular complexity index is 520. The largest absolute Gasteiger partial charge is 0.396 e. The van der Waals surface area contributed by atoms with Crippen molar-refractivity contribution in [2.24, 2.45) is 5.92 Å². The van der Waals surface area contributed by atoms with Crippen LogP contribution in [0.2, 0.25) is 0 Å². The second-order valence-corrected chi connectivity index (χ2v) is 4.07. The van der Waals surface area contributed by atoms with Crippen LogP contribution in [0.3, 0.4) is 0 Å². The third-order valence-electron chi connectivity index (χ3n) is 2.97. The van der Waals surface area contributed by atoms with Gasteiger partial charge in [0.2, 0.25) is 0 Å². The Morgan fingerprint density at radius 1 is 1.41 bits per heavy atom. The van der Waals surface area contributed by atoms with E-state index in [4.69, 9.17) is 14.9 Å². The van der Waals surface area contributed by atoms with E-state index < -0.39 is 23.6 Å². The van der Waals surface area contributed by atoms with Crippen LogP contribution in [0, 0.1) is 12.8 Å². The van der Waals surface area contributed by atoms with E-state index in [1.165, 1.54) is 10.8 Å². The molecule has 1 aromatic rings. The molecule has 17 heavy (non-hydrogen) atoms. The van der Waals surface area contributed by atoms with E-state index in [2.05, 4.69) is 4.98 Å². The number of aromatic amines is 1. The maximum Gasteiger partial charge on any atom is 0.330 e. The fraction of sp³-hybridized carbons (Fsp3) is 0.600. The third-order valence-corrected chi connectivity index (χ3v) is 2.97. The van der Waals surface area contributed by atoms with Crippen LogP contribution in [0.5, 0.6) is 0 Å². The number of hydrogen-bond acceptors (Lipinski definition) is 5. The molecule has 0 bridgehead atoms. The normalized spacial score (nSPS) is 27.8. The lowest BCUT2D eigenvalue weighted by atomic mass is 9.95. The number of aryl methyl sites for hydroxylation is 1. The first-order valence-corrected chi connectivity index (χ1v) is 5.27. The molecule has 1 saturated heterocycles. The van der Waals surface area contributed by atoms with Gasteiger partial charge in [-0.3, -0.25) is 14.3 Å². The van der Waals surface area contributed by atoms with E-state index in [0.29, 0.717) is 5.56 Å². The summed E-state index contributed by atoms with van der Waals surface area (Å²) >= 11 is 0. The smallest absolute Gasteiger partial charge is 0.330 e. The zero-order valence-corrected chi connectivity index (χ0v) is 9.29. The summed E-state index contributed by atoms with van der Waals surface area (Å²) in [6, 6.07) is 0. The number of nitrogens with zero attached hydrogens (tertiary/aromatic N) is 1. The highest BCUT2D eigenvalue weighted by Gasteiger charge is 2.43. The first-order valence-electron chi connectivity index (χ1n) is 5.27. The molecule has 1 aromatic heterocycles. The van der Waals surface area contributed by atoms with Crippen molar-refractivity contribution < 1.29 is 14.9 Å². The van der Waals surface area contributed by atoms with Crippen LogP contribution in [0.15, 0.2) is 15.8 Å². The highest BCUT2D eigenvalue weighted by Crippen LogP contribution is 2.35.